The Balaban J connectivity index is 1.92. The van der Waals surface area contributed by atoms with Crippen molar-refractivity contribution in [1.82, 2.24) is 9.78 Å². The maximum atomic E-state index is 12.1. The molecule has 120 valence electrons. The second-order valence-electron chi connectivity index (χ2n) is 5.48. The van der Waals surface area contributed by atoms with Gasteiger partial charge in [-0.15, -0.1) is 23.1 Å². The number of carbonyl (C=O) groups is 1. The molecular formula is C15H21N3O2S2. The smallest absolute Gasteiger partial charge is 0.265 e. The van der Waals surface area contributed by atoms with E-state index in [1.807, 2.05) is 43.1 Å². The fourth-order valence-electron chi connectivity index (χ4n) is 1.78. The van der Waals surface area contributed by atoms with Crippen molar-refractivity contribution in [2.45, 2.75) is 36.6 Å². The molecule has 7 heteroatoms. The molecule has 1 N–H and O–H groups in total. The summed E-state index contributed by atoms with van der Waals surface area (Å²) in [4.78, 5) is 12.9. The lowest BCUT2D eigenvalue weighted by atomic mass is 10.1. The summed E-state index contributed by atoms with van der Waals surface area (Å²) < 4.78 is 8.34. The fourth-order valence-corrected chi connectivity index (χ4v) is 3.22. The number of aryl methyl sites for hydroxylation is 1. The van der Waals surface area contributed by atoms with Crippen molar-refractivity contribution in [1.29, 1.82) is 0 Å². The van der Waals surface area contributed by atoms with E-state index in [4.69, 9.17) is 4.74 Å². The van der Waals surface area contributed by atoms with E-state index < -0.39 is 0 Å². The van der Waals surface area contributed by atoms with Gasteiger partial charge in [-0.3, -0.25) is 9.48 Å². The number of nitrogens with one attached hydrogen (secondary N) is 1. The maximum absolute atomic E-state index is 12.1. The zero-order chi connectivity index (χ0) is 16.2. The fraction of sp³-hybridized carbons (Fsp3) is 0.467. The molecule has 0 saturated heterocycles. The predicted molar refractivity (Wildman–Crippen MR) is 92.0 cm³/mol. The van der Waals surface area contributed by atoms with Crippen molar-refractivity contribution in [2.75, 3.05) is 18.7 Å². The standard InChI is InChI=1S/C15H21N3O2S2/c1-15(2,20-3)7-8-18-10-11(9-16-18)17-14(19)12-5-6-13(21-4)22-12/h5-6,9-10H,7-8H2,1-4H3,(H,17,19). The van der Waals surface area contributed by atoms with E-state index in [-0.39, 0.29) is 11.5 Å². The van der Waals surface area contributed by atoms with E-state index in [0.717, 1.165) is 17.2 Å². The van der Waals surface area contributed by atoms with Crippen LogP contribution in [0.2, 0.25) is 0 Å². The van der Waals surface area contributed by atoms with Crippen LogP contribution in [0.25, 0.3) is 0 Å². The number of anilines is 1. The molecule has 22 heavy (non-hydrogen) atoms. The van der Waals surface area contributed by atoms with Crippen LogP contribution in [0.15, 0.2) is 28.7 Å². The van der Waals surface area contributed by atoms with Gasteiger partial charge in [0.1, 0.15) is 0 Å². The first-order chi connectivity index (χ1) is 10.4. The number of thioether (sulfide) groups is 1. The topological polar surface area (TPSA) is 56.1 Å². The first-order valence-electron chi connectivity index (χ1n) is 6.96. The second-order valence-corrected chi connectivity index (χ2v) is 7.67. The number of hydrogen-bond donors (Lipinski definition) is 1. The monoisotopic (exact) mass is 339 g/mol. The summed E-state index contributed by atoms with van der Waals surface area (Å²) >= 11 is 3.13. The van der Waals surface area contributed by atoms with Gasteiger partial charge in [-0.25, -0.2) is 0 Å². The lowest BCUT2D eigenvalue weighted by molar-refractivity contribution is 0.0113. The number of nitrogens with zero attached hydrogens (tertiary/aromatic N) is 2. The lowest BCUT2D eigenvalue weighted by Gasteiger charge is -2.22. The molecule has 2 aromatic heterocycles. The van der Waals surface area contributed by atoms with Crippen molar-refractivity contribution in [2.24, 2.45) is 0 Å². The van der Waals surface area contributed by atoms with E-state index in [1.54, 1.807) is 25.1 Å². The minimum Gasteiger partial charge on any atom is -0.379 e. The molecule has 0 aliphatic carbocycles. The molecule has 0 bridgehead atoms. The molecule has 0 saturated carbocycles. The number of carbonyl (C=O) groups excluding carboxylic acids is 1. The van der Waals surface area contributed by atoms with Gasteiger partial charge >= 0.3 is 0 Å². The van der Waals surface area contributed by atoms with Crippen LogP contribution in [0.5, 0.6) is 0 Å². The van der Waals surface area contributed by atoms with Crippen molar-refractivity contribution in [3.8, 4) is 0 Å². The number of rotatable bonds is 7. The maximum Gasteiger partial charge on any atom is 0.265 e. The Morgan fingerprint density at radius 3 is 2.91 bits per heavy atom. The van der Waals surface area contributed by atoms with Crippen molar-refractivity contribution < 1.29 is 9.53 Å². The zero-order valence-corrected chi connectivity index (χ0v) is 14.9. The van der Waals surface area contributed by atoms with Gasteiger partial charge < -0.3 is 10.1 Å². The van der Waals surface area contributed by atoms with Gasteiger partial charge in [0, 0.05) is 19.9 Å². The van der Waals surface area contributed by atoms with Crippen LogP contribution in [0.4, 0.5) is 5.69 Å². The summed E-state index contributed by atoms with van der Waals surface area (Å²) in [6, 6.07) is 3.80. The van der Waals surface area contributed by atoms with Crippen LogP contribution in [-0.4, -0.2) is 34.7 Å². The van der Waals surface area contributed by atoms with Crippen molar-refractivity contribution in [3.63, 3.8) is 0 Å². The number of methoxy groups -OCH3 is 1. The molecule has 5 nitrogen and oxygen atoms in total. The molecule has 2 heterocycles. The van der Waals surface area contributed by atoms with E-state index >= 15 is 0 Å². The van der Waals surface area contributed by atoms with Crippen LogP contribution in [-0.2, 0) is 11.3 Å². The summed E-state index contributed by atoms with van der Waals surface area (Å²) in [5.41, 5.74) is 0.528. The first-order valence-corrected chi connectivity index (χ1v) is 9.00. The van der Waals surface area contributed by atoms with E-state index in [0.29, 0.717) is 10.6 Å². The largest absolute Gasteiger partial charge is 0.379 e. The minimum atomic E-state index is -0.180. The van der Waals surface area contributed by atoms with Crippen molar-refractivity contribution in [3.05, 3.63) is 29.4 Å². The normalized spacial score (nSPS) is 11.6. The Bertz CT molecular complexity index is 634. The summed E-state index contributed by atoms with van der Waals surface area (Å²) in [7, 11) is 1.71. The van der Waals surface area contributed by atoms with E-state index in [2.05, 4.69) is 10.4 Å². The number of ether oxygens (including phenoxy) is 1. The van der Waals surface area contributed by atoms with E-state index in [1.165, 1.54) is 11.3 Å². The highest BCUT2D eigenvalue weighted by Crippen LogP contribution is 2.25. The molecule has 1 amide bonds. The second kappa shape index (κ2) is 7.30. The molecule has 0 radical (unpaired) electrons. The van der Waals surface area contributed by atoms with Crippen LogP contribution in [0, 0.1) is 0 Å². The summed E-state index contributed by atoms with van der Waals surface area (Å²) in [6.07, 6.45) is 6.35. The molecule has 2 aromatic rings. The predicted octanol–water partition coefficient (Wildman–Crippen LogP) is 3.73. The first kappa shape index (κ1) is 17.1. The van der Waals surface area contributed by atoms with Gasteiger partial charge in [0.15, 0.2) is 0 Å². The lowest BCUT2D eigenvalue weighted by Crippen LogP contribution is -2.24. The summed E-state index contributed by atoms with van der Waals surface area (Å²) in [5.74, 6) is -0.0953. The molecule has 0 aromatic carbocycles. The third-order valence-corrected chi connectivity index (χ3v) is 5.56. The SMILES string of the molecule is COC(C)(C)CCn1cc(NC(=O)c2ccc(SC)s2)cn1. The van der Waals surface area contributed by atoms with Gasteiger partial charge in [0.05, 0.1) is 26.6 Å². The van der Waals surface area contributed by atoms with Gasteiger partial charge in [0.25, 0.3) is 5.91 Å². The van der Waals surface area contributed by atoms with Gasteiger partial charge in [-0.2, -0.15) is 5.10 Å². The molecule has 0 spiro atoms. The molecule has 0 unspecified atom stereocenters. The number of hydrogen-bond acceptors (Lipinski definition) is 5. The number of thiophene rings is 1. The Kier molecular flexibility index (Phi) is 5.66. The molecule has 0 aliphatic heterocycles. The Morgan fingerprint density at radius 1 is 1.50 bits per heavy atom. The van der Waals surface area contributed by atoms with E-state index in [9.17, 15) is 4.79 Å². The Morgan fingerprint density at radius 2 is 2.27 bits per heavy atom. The summed E-state index contributed by atoms with van der Waals surface area (Å²) in [5, 5.41) is 7.14. The van der Waals surface area contributed by atoms with Gasteiger partial charge in [-0.05, 0) is 38.7 Å². The highest BCUT2D eigenvalue weighted by Gasteiger charge is 2.16. The van der Waals surface area contributed by atoms with Crippen LogP contribution in [0.3, 0.4) is 0 Å². The van der Waals surface area contributed by atoms with Gasteiger partial charge in [-0.1, -0.05) is 0 Å². The zero-order valence-electron chi connectivity index (χ0n) is 13.3. The molecule has 0 aliphatic rings. The molecule has 0 fully saturated rings. The Labute approximate surface area is 139 Å². The number of amides is 1. The third-order valence-electron chi connectivity index (χ3n) is 3.39. The van der Waals surface area contributed by atoms with Gasteiger partial charge in [0.2, 0.25) is 0 Å². The Hall–Kier alpha value is -1.31. The molecule has 0 atom stereocenters. The van der Waals surface area contributed by atoms with Crippen molar-refractivity contribution >= 4 is 34.7 Å². The highest BCUT2D eigenvalue weighted by molar-refractivity contribution is 8.00. The average molecular weight is 339 g/mol. The quantitative estimate of drug-likeness (QED) is 0.781. The van der Waals surface area contributed by atoms with Crippen LogP contribution >= 0.6 is 23.1 Å². The molecule has 2 rings (SSSR count). The average Bonchev–Trinajstić information content (AvgIpc) is 3.14. The number of aromatic nitrogens is 2. The van der Waals surface area contributed by atoms with Crippen LogP contribution < -0.4 is 5.32 Å². The minimum absolute atomic E-state index is 0.0953. The van der Waals surface area contributed by atoms with Crippen LogP contribution in [0.1, 0.15) is 29.9 Å². The third kappa shape index (κ3) is 4.59. The molecular weight excluding hydrogens is 318 g/mol. The summed E-state index contributed by atoms with van der Waals surface area (Å²) in [6.45, 7) is 4.82. The highest BCUT2D eigenvalue weighted by atomic mass is 32.2.